The first-order valence-electron chi connectivity index (χ1n) is 9.02. The SMILES string of the molecule is Cl.O=C(c1ccc(OCC2CC2)cc1)N1CC[C@@H]2CNC[C@@H]2CC1. The molecule has 3 aliphatic rings. The molecule has 5 heteroatoms. The maximum atomic E-state index is 12.7. The van der Waals surface area contributed by atoms with Crippen molar-refractivity contribution in [1.82, 2.24) is 10.2 Å². The lowest BCUT2D eigenvalue weighted by Crippen LogP contribution is -2.32. The zero-order valence-corrected chi connectivity index (χ0v) is 14.9. The summed E-state index contributed by atoms with van der Waals surface area (Å²) >= 11 is 0. The molecule has 132 valence electrons. The fraction of sp³-hybridized carbons (Fsp3) is 0.632. The van der Waals surface area contributed by atoms with E-state index in [1.807, 2.05) is 29.2 Å². The summed E-state index contributed by atoms with van der Waals surface area (Å²) in [7, 11) is 0. The molecule has 1 saturated carbocycles. The Morgan fingerprint density at radius 2 is 1.67 bits per heavy atom. The van der Waals surface area contributed by atoms with E-state index in [9.17, 15) is 4.79 Å². The summed E-state index contributed by atoms with van der Waals surface area (Å²) in [4.78, 5) is 14.8. The summed E-state index contributed by atoms with van der Waals surface area (Å²) in [5, 5.41) is 3.48. The van der Waals surface area contributed by atoms with E-state index in [2.05, 4.69) is 5.32 Å². The number of likely N-dealkylation sites (tertiary alicyclic amines) is 1. The van der Waals surface area contributed by atoms with E-state index in [4.69, 9.17) is 4.74 Å². The molecule has 0 spiro atoms. The van der Waals surface area contributed by atoms with Gasteiger partial charge in [-0.2, -0.15) is 0 Å². The number of halogens is 1. The van der Waals surface area contributed by atoms with Crippen molar-refractivity contribution in [1.29, 1.82) is 0 Å². The molecule has 3 fully saturated rings. The first kappa shape index (κ1) is 17.6. The normalized spacial score (nSPS) is 26.2. The van der Waals surface area contributed by atoms with Crippen molar-refractivity contribution in [3.63, 3.8) is 0 Å². The minimum Gasteiger partial charge on any atom is -0.493 e. The van der Waals surface area contributed by atoms with Gasteiger partial charge in [0.15, 0.2) is 0 Å². The maximum absolute atomic E-state index is 12.7. The van der Waals surface area contributed by atoms with Gasteiger partial charge in [0.25, 0.3) is 5.91 Å². The number of nitrogens with one attached hydrogen (secondary N) is 1. The highest BCUT2D eigenvalue weighted by atomic mass is 35.5. The average Bonchev–Trinajstić information content (AvgIpc) is 3.35. The van der Waals surface area contributed by atoms with Crippen molar-refractivity contribution in [3.8, 4) is 5.75 Å². The summed E-state index contributed by atoms with van der Waals surface area (Å²) in [5.41, 5.74) is 0.786. The molecule has 0 unspecified atom stereocenters. The predicted octanol–water partition coefficient (Wildman–Crippen LogP) is 2.97. The Kier molecular flexibility index (Phi) is 5.67. The van der Waals surface area contributed by atoms with Gasteiger partial charge in [-0.3, -0.25) is 4.79 Å². The highest BCUT2D eigenvalue weighted by Gasteiger charge is 2.31. The number of hydrogen-bond acceptors (Lipinski definition) is 3. The minimum absolute atomic E-state index is 0. The van der Waals surface area contributed by atoms with Crippen LogP contribution in [0.25, 0.3) is 0 Å². The molecule has 1 aromatic rings. The zero-order valence-electron chi connectivity index (χ0n) is 14.1. The second-order valence-electron chi connectivity index (χ2n) is 7.33. The van der Waals surface area contributed by atoms with Gasteiger partial charge in [-0.25, -0.2) is 0 Å². The highest BCUT2D eigenvalue weighted by Crippen LogP contribution is 2.30. The van der Waals surface area contributed by atoms with Crippen molar-refractivity contribution in [2.45, 2.75) is 25.7 Å². The van der Waals surface area contributed by atoms with Crippen LogP contribution in [0.4, 0.5) is 0 Å². The van der Waals surface area contributed by atoms with Gasteiger partial charge in [0.2, 0.25) is 0 Å². The fourth-order valence-corrected chi connectivity index (χ4v) is 3.80. The quantitative estimate of drug-likeness (QED) is 0.907. The number of benzene rings is 1. The van der Waals surface area contributed by atoms with Crippen molar-refractivity contribution in [2.24, 2.45) is 17.8 Å². The average molecular weight is 351 g/mol. The third-order valence-corrected chi connectivity index (χ3v) is 5.59. The Morgan fingerprint density at radius 1 is 1.04 bits per heavy atom. The predicted molar refractivity (Wildman–Crippen MR) is 96.9 cm³/mol. The van der Waals surface area contributed by atoms with Crippen molar-refractivity contribution < 1.29 is 9.53 Å². The monoisotopic (exact) mass is 350 g/mol. The molecule has 1 aromatic carbocycles. The zero-order chi connectivity index (χ0) is 15.6. The summed E-state index contributed by atoms with van der Waals surface area (Å²) in [6.07, 6.45) is 4.85. The summed E-state index contributed by atoms with van der Waals surface area (Å²) in [5.74, 6) is 3.32. The van der Waals surface area contributed by atoms with Gasteiger partial charge >= 0.3 is 0 Å². The van der Waals surface area contributed by atoms with Gasteiger partial charge in [0.1, 0.15) is 5.75 Å². The molecule has 4 nitrogen and oxygen atoms in total. The number of nitrogens with zero attached hydrogens (tertiary/aromatic N) is 1. The van der Waals surface area contributed by atoms with Gasteiger partial charge in [-0.15, -0.1) is 12.4 Å². The molecule has 1 amide bonds. The molecule has 1 aliphatic carbocycles. The van der Waals surface area contributed by atoms with Crippen LogP contribution in [0.3, 0.4) is 0 Å². The number of rotatable bonds is 4. The van der Waals surface area contributed by atoms with E-state index < -0.39 is 0 Å². The van der Waals surface area contributed by atoms with Crippen LogP contribution in [0.2, 0.25) is 0 Å². The summed E-state index contributed by atoms with van der Waals surface area (Å²) in [6.45, 7) is 4.85. The summed E-state index contributed by atoms with van der Waals surface area (Å²) < 4.78 is 5.75. The Morgan fingerprint density at radius 3 is 2.25 bits per heavy atom. The molecule has 0 radical (unpaired) electrons. The lowest BCUT2D eigenvalue weighted by atomic mass is 9.92. The minimum atomic E-state index is 0. The van der Waals surface area contributed by atoms with Gasteiger partial charge in [-0.1, -0.05) is 0 Å². The third-order valence-electron chi connectivity index (χ3n) is 5.59. The molecule has 2 saturated heterocycles. The number of fused-ring (bicyclic) bond motifs is 1. The highest BCUT2D eigenvalue weighted by molar-refractivity contribution is 5.94. The number of carbonyl (C=O) groups is 1. The topological polar surface area (TPSA) is 41.6 Å². The van der Waals surface area contributed by atoms with Crippen LogP contribution in [-0.2, 0) is 0 Å². The molecular formula is C19H27ClN2O2. The van der Waals surface area contributed by atoms with E-state index in [0.717, 1.165) is 74.7 Å². The Bertz CT molecular complexity index is 545. The largest absolute Gasteiger partial charge is 0.493 e. The summed E-state index contributed by atoms with van der Waals surface area (Å²) in [6, 6.07) is 7.70. The van der Waals surface area contributed by atoms with Crippen LogP contribution in [0, 0.1) is 17.8 Å². The Hall–Kier alpha value is -1.26. The number of hydrogen-bond donors (Lipinski definition) is 1. The lowest BCUT2D eigenvalue weighted by molar-refractivity contribution is 0.0758. The molecule has 24 heavy (non-hydrogen) atoms. The standard InChI is InChI=1S/C19H26N2O2.ClH/c22-19(21-9-7-16-11-20-12-17(16)8-10-21)15-3-5-18(6-4-15)23-13-14-1-2-14;/h3-6,14,16-17,20H,1-2,7-13H2;1H/t16-,17+;. The Labute approximate surface area is 150 Å². The van der Waals surface area contributed by atoms with Gasteiger partial charge in [0, 0.05) is 18.7 Å². The fourth-order valence-electron chi connectivity index (χ4n) is 3.80. The van der Waals surface area contributed by atoms with Crippen molar-refractivity contribution in [2.75, 3.05) is 32.8 Å². The number of ether oxygens (including phenoxy) is 1. The number of amides is 1. The van der Waals surface area contributed by atoms with Gasteiger partial charge in [-0.05, 0) is 80.8 Å². The van der Waals surface area contributed by atoms with Crippen molar-refractivity contribution in [3.05, 3.63) is 29.8 Å². The first-order chi connectivity index (χ1) is 11.3. The molecule has 2 aliphatic heterocycles. The van der Waals surface area contributed by atoms with Crippen LogP contribution >= 0.6 is 12.4 Å². The smallest absolute Gasteiger partial charge is 0.253 e. The second-order valence-corrected chi connectivity index (χ2v) is 7.33. The van der Waals surface area contributed by atoms with Crippen LogP contribution in [0.15, 0.2) is 24.3 Å². The van der Waals surface area contributed by atoms with E-state index in [1.165, 1.54) is 12.8 Å². The molecule has 0 aromatic heterocycles. The second kappa shape index (κ2) is 7.75. The van der Waals surface area contributed by atoms with E-state index in [-0.39, 0.29) is 18.3 Å². The first-order valence-corrected chi connectivity index (χ1v) is 9.02. The molecule has 4 rings (SSSR count). The molecule has 1 N–H and O–H groups in total. The van der Waals surface area contributed by atoms with E-state index in [0.29, 0.717) is 0 Å². The van der Waals surface area contributed by atoms with Gasteiger partial charge < -0.3 is 15.0 Å². The van der Waals surface area contributed by atoms with E-state index in [1.54, 1.807) is 0 Å². The Balaban J connectivity index is 0.00000169. The molecule has 0 bridgehead atoms. The molecular weight excluding hydrogens is 324 g/mol. The van der Waals surface area contributed by atoms with E-state index >= 15 is 0 Å². The lowest BCUT2D eigenvalue weighted by Gasteiger charge is -2.21. The van der Waals surface area contributed by atoms with Crippen LogP contribution < -0.4 is 10.1 Å². The maximum Gasteiger partial charge on any atom is 0.253 e. The molecule has 2 heterocycles. The van der Waals surface area contributed by atoms with Crippen LogP contribution in [0.1, 0.15) is 36.0 Å². The van der Waals surface area contributed by atoms with Gasteiger partial charge in [0.05, 0.1) is 6.61 Å². The third kappa shape index (κ3) is 4.04. The van der Waals surface area contributed by atoms with Crippen LogP contribution in [0.5, 0.6) is 5.75 Å². The molecule has 2 atom stereocenters. The van der Waals surface area contributed by atoms with Crippen LogP contribution in [-0.4, -0.2) is 43.6 Å². The van der Waals surface area contributed by atoms with Crippen molar-refractivity contribution >= 4 is 18.3 Å². The number of carbonyl (C=O) groups excluding carboxylic acids is 1.